The Labute approximate surface area is 103 Å². The number of hydrogen-bond acceptors (Lipinski definition) is 2. The van der Waals surface area contributed by atoms with Crippen molar-refractivity contribution < 1.29 is 29.6 Å². The summed E-state index contributed by atoms with van der Waals surface area (Å²) < 4.78 is 0. The van der Waals surface area contributed by atoms with Crippen LogP contribution in [-0.2, 0) is 19.4 Å². The fourth-order valence-corrected chi connectivity index (χ4v) is 1.00. The van der Waals surface area contributed by atoms with E-state index in [2.05, 4.69) is 36.2 Å². The summed E-state index contributed by atoms with van der Waals surface area (Å²) in [5, 5.41) is 14.0. The second-order valence-electron chi connectivity index (χ2n) is 2.49. The van der Waals surface area contributed by atoms with Crippen molar-refractivity contribution in [2.75, 3.05) is 14.2 Å². The van der Waals surface area contributed by atoms with E-state index in [1.165, 1.54) is 36.1 Å². The van der Waals surface area contributed by atoms with Gasteiger partial charge in [0.1, 0.15) is 0 Å². The maximum atomic E-state index is 7.00. The van der Waals surface area contributed by atoms with Gasteiger partial charge in [-0.25, -0.2) is 17.2 Å². The van der Waals surface area contributed by atoms with Crippen LogP contribution in [0.5, 0.6) is 0 Å². The number of halogens is 1. The molecule has 0 aromatic rings. The molecule has 4 heteroatoms. The molecule has 1 aliphatic rings. The molecule has 0 bridgehead atoms. The van der Waals surface area contributed by atoms with Crippen molar-refractivity contribution in [2.45, 2.75) is 27.2 Å². The molecule has 0 atom stereocenters. The molecule has 0 aliphatic heterocycles. The number of aliphatic hydroxyl groups excluding tert-OH is 2. The van der Waals surface area contributed by atoms with Crippen LogP contribution in [0.4, 0.5) is 0 Å². The van der Waals surface area contributed by atoms with E-state index in [-0.39, 0.29) is 0 Å². The van der Waals surface area contributed by atoms with E-state index < -0.39 is 0 Å². The maximum absolute atomic E-state index is 7.00. The van der Waals surface area contributed by atoms with Crippen LogP contribution in [0.2, 0.25) is 0 Å². The molecule has 82 valence electrons. The molecule has 2 N–H and O–H groups in total. The monoisotopic (exact) mass is 254 g/mol. The van der Waals surface area contributed by atoms with Crippen molar-refractivity contribution in [1.29, 1.82) is 0 Å². The Morgan fingerprint density at radius 1 is 1.07 bits per heavy atom. The van der Waals surface area contributed by atoms with E-state index >= 15 is 0 Å². The van der Waals surface area contributed by atoms with Gasteiger partial charge in [0.2, 0.25) is 0 Å². The second-order valence-corrected chi connectivity index (χ2v) is 2.49. The molecule has 1 rings (SSSR count). The Hall–Kier alpha value is 0.404. The summed E-state index contributed by atoms with van der Waals surface area (Å²) in [6.07, 6.45) is 4.41. The summed E-state index contributed by atoms with van der Waals surface area (Å²) in [4.78, 5) is 0. The van der Waals surface area contributed by atoms with E-state index in [0.29, 0.717) is 0 Å². The predicted molar refractivity (Wildman–Crippen MR) is 57.6 cm³/mol. The molecule has 0 spiro atoms. The number of rotatable bonds is 0. The van der Waals surface area contributed by atoms with Crippen LogP contribution in [0.15, 0.2) is 16.7 Å². The Morgan fingerprint density at radius 3 is 1.50 bits per heavy atom. The van der Waals surface area contributed by atoms with Crippen LogP contribution in [0.3, 0.4) is 0 Å². The molecular weight excluding hydrogens is 235 g/mol. The third-order valence-electron chi connectivity index (χ3n) is 1.57. The first-order valence-electron chi connectivity index (χ1n) is 4.04. The summed E-state index contributed by atoms with van der Waals surface area (Å²) >= 11 is 1.47. The van der Waals surface area contributed by atoms with Gasteiger partial charge in [0.05, 0.1) is 0 Å². The minimum absolute atomic E-state index is 1.00. The van der Waals surface area contributed by atoms with E-state index in [4.69, 9.17) is 10.2 Å². The van der Waals surface area contributed by atoms with Gasteiger partial charge in [-0.15, -0.1) is 6.92 Å². The molecule has 0 aromatic carbocycles. The number of allylic oxidation sites excluding steroid dienone is 4. The quantitative estimate of drug-likeness (QED) is 0.515. The predicted octanol–water partition coefficient (Wildman–Crippen LogP) is 2.38. The van der Waals surface area contributed by atoms with Crippen LogP contribution in [0, 0.1) is 6.08 Å². The zero-order valence-electron chi connectivity index (χ0n) is 9.48. The van der Waals surface area contributed by atoms with Gasteiger partial charge in [0.25, 0.3) is 0 Å². The molecule has 0 heterocycles. The van der Waals surface area contributed by atoms with Gasteiger partial charge in [0, 0.05) is 14.2 Å². The normalized spacial score (nSPS) is 12.4. The Balaban J connectivity index is -0.000000174. The van der Waals surface area contributed by atoms with Crippen LogP contribution >= 0.6 is 9.30 Å². The number of aliphatic hydroxyl groups is 2. The Morgan fingerprint density at radius 2 is 1.43 bits per heavy atom. The average Bonchev–Trinajstić information content (AvgIpc) is 2.53. The molecule has 0 saturated carbocycles. The molecule has 0 aromatic heterocycles. The van der Waals surface area contributed by atoms with Crippen LogP contribution in [0.1, 0.15) is 27.2 Å². The van der Waals surface area contributed by atoms with Crippen molar-refractivity contribution in [3.8, 4) is 0 Å². The first-order valence-corrected chi connectivity index (χ1v) is 6.19. The molecular formula is C10H19ClO2Ti. The van der Waals surface area contributed by atoms with Crippen molar-refractivity contribution >= 4 is 9.30 Å². The van der Waals surface area contributed by atoms with Crippen LogP contribution in [-0.4, -0.2) is 24.4 Å². The van der Waals surface area contributed by atoms with Gasteiger partial charge in [-0.3, -0.25) is 0 Å². The van der Waals surface area contributed by atoms with Crippen LogP contribution in [0.25, 0.3) is 0 Å². The fraction of sp³-hybridized carbons (Fsp3) is 0.600. The summed E-state index contributed by atoms with van der Waals surface area (Å²) in [6, 6.07) is 0. The molecule has 0 radical (unpaired) electrons. The van der Waals surface area contributed by atoms with Gasteiger partial charge in [-0.2, -0.15) is 5.57 Å². The summed E-state index contributed by atoms with van der Waals surface area (Å²) in [6.45, 7) is 6.41. The van der Waals surface area contributed by atoms with Gasteiger partial charge in [0.15, 0.2) is 0 Å². The van der Waals surface area contributed by atoms with E-state index in [1.54, 1.807) is 0 Å². The first kappa shape index (κ1) is 19.9. The second kappa shape index (κ2) is 15.9. The van der Waals surface area contributed by atoms with E-state index in [9.17, 15) is 0 Å². The standard InChI is InChI=1S/C8H11.2CH4O.ClH.Ti/c1-6-4-7(2)8(3)5-6;2*1-2;;/h4H2,1-3H3;2*2H,1H3;1H;/q-1;;;;+2/p-1. The van der Waals surface area contributed by atoms with E-state index in [1.807, 2.05) is 0 Å². The third kappa shape index (κ3) is 10.5. The Kier molecular flexibility index (Phi) is 22.5. The molecule has 1 aliphatic carbocycles. The molecule has 0 saturated heterocycles. The van der Waals surface area contributed by atoms with Crippen molar-refractivity contribution in [2.24, 2.45) is 0 Å². The van der Waals surface area contributed by atoms with Gasteiger partial charge in [-0.1, -0.05) is 20.3 Å². The molecule has 14 heavy (non-hydrogen) atoms. The summed E-state index contributed by atoms with van der Waals surface area (Å²) in [5.41, 5.74) is 4.19. The molecule has 0 amide bonds. The van der Waals surface area contributed by atoms with Crippen molar-refractivity contribution in [3.63, 3.8) is 0 Å². The zero-order valence-corrected chi connectivity index (χ0v) is 11.8. The number of hydrogen-bond donors (Lipinski definition) is 2. The van der Waals surface area contributed by atoms with E-state index in [0.717, 1.165) is 20.6 Å². The fourth-order valence-electron chi connectivity index (χ4n) is 1.00. The molecule has 0 fully saturated rings. The first-order chi connectivity index (χ1) is 6.70. The summed E-state index contributed by atoms with van der Waals surface area (Å²) in [7, 11) is 6.64. The topological polar surface area (TPSA) is 40.5 Å². The Bertz CT molecular complexity index is 177. The van der Waals surface area contributed by atoms with Crippen LogP contribution < -0.4 is 0 Å². The van der Waals surface area contributed by atoms with Crippen molar-refractivity contribution in [3.05, 3.63) is 22.8 Å². The van der Waals surface area contributed by atoms with Gasteiger partial charge in [-0.05, 0) is 0 Å². The van der Waals surface area contributed by atoms with Gasteiger partial charge >= 0.3 is 28.7 Å². The molecule has 2 nitrogen and oxygen atoms in total. The SMILES string of the molecule is CC1=[C-]C(C)=C(C)C1.CO.CO.[Cl][Ti+]. The minimum atomic E-state index is 1.00. The van der Waals surface area contributed by atoms with Crippen molar-refractivity contribution in [1.82, 2.24) is 0 Å². The zero-order chi connectivity index (χ0) is 12.1. The molecule has 0 unspecified atom stereocenters. The third-order valence-corrected chi connectivity index (χ3v) is 1.57. The average molecular weight is 255 g/mol. The van der Waals surface area contributed by atoms with Gasteiger partial charge < -0.3 is 10.2 Å². The summed E-state index contributed by atoms with van der Waals surface area (Å²) in [5.74, 6) is 0.